The van der Waals surface area contributed by atoms with Crippen LogP contribution in [0.3, 0.4) is 0 Å². The molecule has 31 heavy (non-hydrogen) atoms. The maximum atomic E-state index is 12.5. The summed E-state index contributed by atoms with van der Waals surface area (Å²) in [6.07, 6.45) is 4.76. The number of sulfonamides is 1. The SMILES string of the molecule is CC(C)(C)NS(=O)(=O)c1ccc(-c2cncc3cc(/C=C4\SC(=O)NC4=O)oc23)cc1. The second-order valence-electron chi connectivity index (χ2n) is 7.99. The van der Waals surface area contributed by atoms with Crippen molar-refractivity contribution in [3.8, 4) is 11.1 Å². The number of nitrogens with zero attached hydrogens (tertiary/aromatic N) is 1. The Morgan fingerprint density at radius 2 is 1.84 bits per heavy atom. The lowest BCUT2D eigenvalue weighted by Gasteiger charge is -2.20. The molecule has 2 aromatic heterocycles. The molecule has 0 bridgehead atoms. The highest BCUT2D eigenvalue weighted by atomic mass is 32.2. The highest BCUT2D eigenvalue weighted by Gasteiger charge is 2.26. The maximum absolute atomic E-state index is 12.5. The van der Waals surface area contributed by atoms with Crippen LogP contribution < -0.4 is 10.0 Å². The Balaban J connectivity index is 1.69. The number of furan rings is 1. The van der Waals surface area contributed by atoms with Crippen molar-refractivity contribution in [2.24, 2.45) is 0 Å². The third-order valence-corrected chi connectivity index (χ3v) is 6.86. The molecule has 3 aromatic rings. The molecule has 0 spiro atoms. The van der Waals surface area contributed by atoms with E-state index in [1.807, 2.05) is 0 Å². The van der Waals surface area contributed by atoms with Crippen LogP contribution in [0.4, 0.5) is 4.79 Å². The zero-order valence-corrected chi connectivity index (χ0v) is 18.6. The normalized spacial score (nSPS) is 16.3. The van der Waals surface area contributed by atoms with Gasteiger partial charge in [-0.25, -0.2) is 13.1 Å². The summed E-state index contributed by atoms with van der Waals surface area (Å²) in [5.41, 5.74) is 1.35. The van der Waals surface area contributed by atoms with E-state index in [-0.39, 0.29) is 9.80 Å². The standard InChI is InChI=1S/C21H19N3O5S2/c1-21(2,3)24-31(27,28)15-6-4-12(5-7-15)16-11-22-10-13-8-14(29-18(13)16)9-17-19(25)23-20(26)30-17/h4-11,24H,1-3H3,(H,23,25,26)/b17-9-. The highest BCUT2D eigenvalue weighted by molar-refractivity contribution is 8.18. The van der Waals surface area contributed by atoms with E-state index in [0.717, 1.165) is 17.3 Å². The lowest BCUT2D eigenvalue weighted by Crippen LogP contribution is -2.40. The van der Waals surface area contributed by atoms with Gasteiger partial charge < -0.3 is 4.42 Å². The van der Waals surface area contributed by atoms with Crippen molar-refractivity contribution in [3.05, 3.63) is 53.4 Å². The van der Waals surface area contributed by atoms with Crippen molar-refractivity contribution in [3.63, 3.8) is 0 Å². The van der Waals surface area contributed by atoms with Crippen LogP contribution in [0.15, 0.2) is 56.9 Å². The van der Waals surface area contributed by atoms with E-state index in [0.29, 0.717) is 22.3 Å². The third-order valence-electron chi connectivity index (χ3n) is 4.27. The van der Waals surface area contributed by atoms with Gasteiger partial charge in [0.2, 0.25) is 10.0 Å². The molecule has 2 amide bonds. The van der Waals surface area contributed by atoms with Crippen LogP contribution in [0.5, 0.6) is 0 Å². The van der Waals surface area contributed by atoms with E-state index in [2.05, 4.69) is 15.0 Å². The zero-order valence-electron chi connectivity index (χ0n) is 16.9. The van der Waals surface area contributed by atoms with E-state index in [1.165, 1.54) is 18.2 Å². The van der Waals surface area contributed by atoms with Crippen LogP contribution in [0.25, 0.3) is 28.2 Å². The van der Waals surface area contributed by atoms with Crippen LogP contribution in [0.1, 0.15) is 26.5 Å². The van der Waals surface area contributed by atoms with Gasteiger partial charge >= 0.3 is 0 Å². The molecule has 1 saturated heterocycles. The zero-order chi connectivity index (χ0) is 22.4. The summed E-state index contributed by atoms with van der Waals surface area (Å²) in [5.74, 6) is -0.0559. The van der Waals surface area contributed by atoms with Gasteiger partial charge in [-0.1, -0.05) is 12.1 Å². The molecule has 0 unspecified atom stereocenters. The minimum atomic E-state index is -3.64. The Hall–Kier alpha value is -2.95. The first kappa shape index (κ1) is 21.3. The maximum Gasteiger partial charge on any atom is 0.290 e. The number of aromatic nitrogens is 1. The Kier molecular flexibility index (Phi) is 5.24. The average Bonchev–Trinajstić information content (AvgIpc) is 3.21. The molecule has 3 heterocycles. The Morgan fingerprint density at radius 3 is 2.45 bits per heavy atom. The van der Waals surface area contributed by atoms with Crippen LogP contribution in [-0.2, 0) is 14.8 Å². The van der Waals surface area contributed by atoms with Crippen molar-refractivity contribution in [1.82, 2.24) is 15.0 Å². The molecule has 4 rings (SSSR count). The van der Waals surface area contributed by atoms with Crippen molar-refractivity contribution in [2.75, 3.05) is 0 Å². The predicted molar refractivity (Wildman–Crippen MR) is 119 cm³/mol. The molecule has 1 aromatic carbocycles. The number of pyridine rings is 1. The van der Waals surface area contributed by atoms with Gasteiger partial charge in [-0.05, 0) is 56.3 Å². The fraction of sp³-hybridized carbons (Fsp3) is 0.190. The quantitative estimate of drug-likeness (QED) is 0.571. The van der Waals surface area contributed by atoms with Gasteiger partial charge in [-0.15, -0.1) is 0 Å². The van der Waals surface area contributed by atoms with E-state index in [4.69, 9.17) is 4.42 Å². The smallest absolute Gasteiger partial charge is 0.290 e. The predicted octanol–water partition coefficient (Wildman–Crippen LogP) is 3.90. The molecular weight excluding hydrogens is 438 g/mol. The number of benzene rings is 1. The van der Waals surface area contributed by atoms with Crippen molar-refractivity contribution >= 4 is 50.0 Å². The molecule has 160 valence electrons. The number of thioether (sulfide) groups is 1. The molecule has 0 radical (unpaired) electrons. The van der Waals surface area contributed by atoms with Crippen LogP contribution in [0.2, 0.25) is 0 Å². The molecule has 2 N–H and O–H groups in total. The lowest BCUT2D eigenvalue weighted by atomic mass is 10.1. The minimum absolute atomic E-state index is 0.158. The summed E-state index contributed by atoms with van der Waals surface area (Å²) in [7, 11) is -3.64. The Labute approximate surface area is 183 Å². The fourth-order valence-corrected chi connectivity index (χ4v) is 5.17. The second kappa shape index (κ2) is 7.63. The number of imide groups is 1. The summed E-state index contributed by atoms with van der Waals surface area (Å²) in [4.78, 5) is 27.7. The summed E-state index contributed by atoms with van der Waals surface area (Å²) in [6.45, 7) is 5.33. The topological polar surface area (TPSA) is 118 Å². The summed E-state index contributed by atoms with van der Waals surface area (Å²) in [5, 5.41) is 2.49. The number of rotatable bonds is 4. The molecule has 1 aliphatic heterocycles. The monoisotopic (exact) mass is 457 g/mol. The molecule has 0 saturated carbocycles. The molecule has 1 fully saturated rings. The lowest BCUT2D eigenvalue weighted by molar-refractivity contribution is -0.115. The molecular formula is C21H19N3O5S2. The number of carbonyl (C=O) groups excluding carboxylic acids is 2. The van der Waals surface area contributed by atoms with Crippen LogP contribution in [-0.4, -0.2) is 30.1 Å². The van der Waals surface area contributed by atoms with Crippen molar-refractivity contribution in [2.45, 2.75) is 31.2 Å². The third kappa shape index (κ3) is 4.55. The van der Waals surface area contributed by atoms with E-state index in [9.17, 15) is 18.0 Å². The van der Waals surface area contributed by atoms with Gasteiger partial charge in [0, 0.05) is 35.0 Å². The van der Waals surface area contributed by atoms with Gasteiger partial charge in [0.05, 0.1) is 9.80 Å². The van der Waals surface area contributed by atoms with E-state index >= 15 is 0 Å². The van der Waals surface area contributed by atoms with E-state index < -0.39 is 26.7 Å². The Morgan fingerprint density at radius 1 is 1.13 bits per heavy atom. The largest absolute Gasteiger partial charge is 0.456 e. The fourth-order valence-electron chi connectivity index (χ4n) is 3.08. The van der Waals surface area contributed by atoms with Gasteiger partial charge in [-0.2, -0.15) is 0 Å². The number of fused-ring (bicyclic) bond motifs is 1. The van der Waals surface area contributed by atoms with Crippen LogP contribution in [0, 0.1) is 0 Å². The van der Waals surface area contributed by atoms with Crippen molar-refractivity contribution in [1.29, 1.82) is 0 Å². The van der Waals surface area contributed by atoms with Gasteiger partial charge in [-0.3, -0.25) is 19.9 Å². The summed E-state index contributed by atoms with van der Waals surface area (Å²) < 4.78 is 33.6. The molecule has 8 nitrogen and oxygen atoms in total. The first-order valence-corrected chi connectivity index (χ1v) is 11.6. The van der Waals surface area contributed by atoms with E-state index in [1.54, 1.807) is 51.4 Å². The molecule has 1 aliphatic rings. The highest BCUT2D eigenvalue weighted by Crippen LogP contribution is 2.33. The second-order valence-corrected chi connectivity index (χ2v) is 10.7. The molecule has 0 atom stereocenters. The van der Waals surface area contributed by atoms with Crippen molar-refractivity contribution < 1.29 is 22.4 Å². The Bertz CT molecular complexity index is 1330. The first-order valence-electron chi connectivity index (χ1n) is 9.29. The van der Waals surface area contributed by atoms with Crippen LogP contribution >= 0.6 is 11.8 Å². The minimum Gasteiger partial charge on any atom is -0.456 e. The van der Waals surface area contributed by atoms with Gasteiger partial charge in [0.15, 0.2) is 0 Å². The number of hydrogen-bond donors (Lipinski definition) is 2. The number of amides is 2. The summed E-state index contributed by atoms with van der Waals surface area (Å²) in [6, 6.07) is 8.15. The van der Waals surface area contributed by atoms with Gasteiger partial charge in [0.25, 0.3) is 11.1 Å². The number of nitrogens with one attached hydrogen (secondary N) is 2. The molecule has 0 aliphatic carbocycles. The average molecular weight is 458 g/mol. The first-order chi connectivity index (χ1) is 14.5. The number of carbonyl (C=O) groups is 2. The molecule has 10 heteroatoms. The number of hydrogen-bond acceptors (Lipinski definition) is 7. The summed E-state index contributed by atoms with van der Waals surface area (Å²) >= 11 is 0.810. The van der Waals surface area contributed by atoms with Gasteiger partial charge in [0.1, 0.15) is 11.3 Å².